The first-order valence-corrected chi connectivity index (χ1v) is 19.2. The van der Waals surface area contributed by atoms with Gasteiger partial charge >= 0.3 is 6.09 Å². The molecule has 6 atom stereocenters. The van der Waals surface area contributed by atoms with E-state index in [0.717, 1.165) is 11.1 Å². The van der Waals surface area contributed by atoms with Crippen molar-refractivity contribution in [3.05, 3.63) is 84.4 Å². The van der Waals surface area contributed by atoms with Crippen LogP contribution in [0.15, 0.2) is 73.3 Å². The third-order valence-corrected chi connectivity index (χ3v) is 10.6. The van der Waals surface area contributed by atoms with Crippen molar-refractivity contribution in [2.45, 2.75) is 111 Å². The molecule has 298 valence electrons. The predicted molar refractivity (Wildman–Crippen MR) is 211 cm³/mol. The third-order valence-electron chi connectivity index (χ3n) is 10.6. The molecule has 2 fully saturated rings. The molecule has 12 heteroatoms. The third kappa shape index (κ3) is 10.2. The van der Waals surface area contributed by atoms with Crippen LogP contribution in [0.1, 0.15) is 92.2 Å². The highest BCUT2D eigenvalue weighted by molar-refractivity contribution is 6.38. The molecule has 2 aromatic rings. The second kappa shape index (κ2) is 17.2. The number of ketones is 1. The van der Waals surface area contributed by atoms with Crippen LogP contribution in [0, 0.1) is 22.7 Å². The summed E-state index contributed by atoms with van der Waals surface area (Å²) in [6, 6.07) is 14.3. The van der Waals surface area contributed by atoms with Gasteiger partial charge in [0.2, 0.25) is 23.5 Å². The first-order valence-electron chi connectivity index (χ1n) is 19.2. The number of Topliss-reactive ketones (excluding diaryl/α,β-unsaturated/α-hetero) is 1. The van der Waals surface area contributed by atoms with Gasteiger partial charge in [0.15, 0.2) is 0 Å². The van der Waals surface area contributed by atoms with Crippen molar-refractivity contribution < 1.29 is 33.5 Å². The molecule has 1 saturated heterocycles. The number of rotatable bonds is 15. The number of carbonyl (C=O) groups is 6. The van der Waals surface area contributed by atoms with E-state index in [1.807, 2.05) is 102 Å². The molecule has 2 aromatic carbocycles. The number of alkyl carbamates (subject to hydrolysis) is 1. The number of carbonyl (C=O) groups excluding carboxylic acids is 6. The number of piperidine rings is 1. The summed E-state index contributed by atoms with van der Waals surface area (Å²) in [5, 5.41) is 11.1. The smallest absolute Gasteiger partial charge is 0.408 e. The lowest BCUT2D eigenvalue weighted by atomic mass is 9.82. The minimum absolute atomic E-state index is 0.0156. The number of hydrogen-bond donors (Lipinski definition) is 4. The summed E-state index contributed by atoms with van der Waals surface area (Å²) < 4.78 is 5.61. The van der Waals surface area contributed by atoms with Gasteiger partial charge in [0, 0.05) is 19.0 Å². The Bertz CT molecular complexity index is 1690. The van der Waals surface area contributed by atoms with Crippen LogP contribution in [0.25, 0.3) is 0 Å². The Labute approximate surface area is 325 Å². The van der Waals surface area contributed by atoms with Gasteiger partial charge in [-0.15, -0.1) is 6.58 Å². The number of likely N-dealkylation sites (tertiary alicyclic amines) is 1. The zero-order valence-electron chi connectivity index (χ0n) is 33.7. The van der Waals surface area contributed by atoms with Crippen LogP contribution in [0.2, 0.25) is 0 Å². The fourth-order valence-corrected chi connectivity index (χ4v) is 7.72. The van der Waals surface area contributed by atoms with Gasteiger partial charge in [-0.25, -0.2) is 4.79 Å². The van der Waals surface area contributed by atoms with Crippen LogP contribution >= 0.6 is 0 Å². The molecule has 1 heterocycles. The second-order valence-electron chi connectivity index (χ2n) is 17.3. The maximum Gasteiger partial charge on any atom is 0.408 e. The SMILES string of the molecule is C=CCNC(=O)C(=O)C(CCC)NC(=O)C1C2C(CN1C(=O)C(NC(=O)C(NC(=O)OC(C)(C)C)C(c1ccccc1)c1ccccc1)C(C)(C)C)C2(C)C. The monoisotopic (exact) mass is 757 g/mol. The Morgan fingerprint density at radius 3 is 1.95 bits per heavy atom. The van der Waals surface area contributed by atoms with E-state index in [1.54, 1.807) is 20.8 Å². The summed E-state index contributed by atoms with van der Waals surface area (Å²) in [7, 11) is 0. The molecular formula is C43H59N5O7. The number of nitrogens with zero attached hydrogens (tertiary/aromatic N) is 1. The Morgan fingerprint density at radius 1 is 0.891 bits per heavy atom. The highest BCUT2D eigenvalue weighted by Gasteiger charge is 2.70. The number of nitrogens with one attached hydrogen (secondary N) is 4. The molecule has 0 radical (unpaired) electrons. The first-order chi connectivity index (χ1) is 25.7. The molecule has 4 rings (SSSR count). The van der Waals surface area contributed by atoms with Crippen molar-refractivity contribution in [1.82, 2.24) is 26.2 Å². The van der Waals surface area contributed by atoms with Crippen LogP contribution in [0.4, 0.5) is 4.79 Å². The van der Waals surface area contributed by atoms with Crippen molar-refractivity contribution in [2.75, 3.05) is 13.1 Å². The summed E-state index contributed by atoms with van der Waals surface area (Å²) in [6.45, 7) is 20.6. The minimum atomic E-state index is -1.21. The standard InChI is InChI=1S/C43H59N5O7/c1-11-19-29(34(49)38(52)44-24-12-2)45-37(51)33-31-28(43(31,9)10)25-48(33)39(53)35(41(3,4)5)47-36(50)32(46-40(54)55-42(6,7)8)30(26-20-15-13-16-21-26)27-22-17-14-18-23-27/h12-18,20-23,28-33,35H,2,11,19,24-25H2,1,3-10H3,(H,44,52)(H,45,51)(H,46,54)(H,47,50). The van der Waals surface area contributed by atoms with Crippen molar-refractivity contribution in [2.24, 2.45) is 22.7 Å². The topological polar surface area (TPSA) is 163 Å². The summed E-state index contributed by atoms with van der Waals surface area (Å²) in [5.41, 5.74) is -0.412. The largest absolute Gasteiger partial charge is 0.444 e. The lowest BCUT2D eigenvalue weighted by Crippen LogP contribution is -2.62. The molecule has 12 nitrogen and oxygen atoms in total. The molecule has 0 bridgehead atoms. The molecule has 1 saturated carbocycles. The Balaban J connectivity index is 1.69. The van der Waals surface area contributed by atoms with E-state index in [2.05, 4.69) is 27.8 Å². The van der Waals surface area contributed by atoms with Gasteiger partial charge < -0.3 is 30.9 Å². The van der Waals surface area contributed by atoms with E-state index in [9.17, 15) is 28.8 Å². The van der Waals surface area contributed by atoms with E-state index in [0.29, 0.717) is 6.42 Å². The zero-order valence-corrected chi connectivity index (χ0v) is 33.7. The molecular weight excluding hydrogens is 699 g/mol. The summed E-state index contributed by atoms with van der Waals surface area (Å²) in [4.78, 5) is 84.3. The number of amides is 5. The molecule has 0 aromatic heterocycles. The van der Waals surface area contributed by atoms with Gasteiger partial charge in [-0.3, -0.25) is 24.0 Å². The van der Waals surface area contributed by atoms with Crippen LogP contribution in [-0.2, 0) is 28.7 Å². The van der Waals surface area contributed by atoms with Gasteiger partial charge in [-0.05, 0) is 61.0 Å². The van der Waals surface area contributed by atoms with E-state index >= 15 is 0 Å². The Hall–Kier alpha value is -5.00. The average molecular weight is 758 g/mol. The maximum atomic E-state index is 14.8. The Morgan fingerprint density at radius 2 is 1.45 bits per heavy atom. The lowest BCUT2D eigenvalue weighted by Gasteiger charge is -2.39. The minimum Gasteiger partial charge on any atom is -0.444 e. The van der Waals surface area contributed by atoms with Gasteiger partial charge in [0.05, 0.1) is 6.04 Å². The van der Waals surface area contributed by atoms with Crippen molar-refractivity contribution >= 4 is 35.5 Å². The Kier molecular flexibility index (Phi) is 13.4. The van der Waals surface area contributed by atoms with Gasteiger partial charge in [-0.1, -0.05) is 115 Å². The number of benzene rings is 2. The first kappa shape index (κ1) is 42.7. The van der Waals surface area contributed by atoms with Crippen molar-refractivity contribution in [1.29, 1.82) is 0 Å². The highest BCUT2D eigenvalue weighted by atomic mass is 16.6. The van der Waals surface area contributed by atoms with E-state index < -0.39 is 76.6 Å². The molecule has 5 amide bonds. The van der Waals surface area contributed by atoms with Gasteiger partial charge in [0.25, 0.3) is 5.91 Å². The van der Waals surface area contributed by atoms with Crippen LogP contribution in [0.3, 0.4) is 0 Å². The van der Waals surface area contributed by atoms with Gasteiger partial charge in [-0.2, -0.15) is 0 Å². The van der Waals surface area contributed by atoms with Gasteiger partial charge in [0.1, 0.15) is 23.7 Å². The molecule has 1 aliphatic heterocycles. The molecule has 2 aliphatic rings. The number of hydrogen-bond acceptors (Lipinski definition) is 7. The summed E-state index contributed by atoms with van der Waals surface area (Å²) in [5.74, 6) is -4.03. The predicted octanol–water partition coefficient (Wildman–Crippen LogP) is 4.88. The normalized spacial score (nSPS) is 20.3. The van der Waals surface area contributed by atoms with Crippen LogP contribution in [0.5, 0.6) is 0 Å². The number of fused-ring (bicyclic) bond motifs is 1. The van der Waals surface area contributed by atoms with E-state index in [1.165, 1.54) is 11.0 Å². The molecule has 1 aliphatic carbocycles. The fourth-order valence-electron chi connectivity index (χ4n) is 7.72. The van der Waals surface area contributed by atoms with E-state index in [4.69, 9.17) is 4.74 Å². The summed E-state index contributed by atoms with van der Waals surface area (Å²) in [6.07, 6.45) is 1.43. The van der Waals surface area contributed by atoms with Crippen molar-refractivity contribution in [3.63, 3.8) is 0 Å². The molecule has 55 heavy (non-hydrogen) atoms. The zero-order chi connectivity index (χ0) is 40.9. The lowest BCUT2D eigenvalue weighted by molar-refractivity contribution is -0.146. The maximum absolute atomic E-state index is 14.8. The number of ether oxygens (including phenoxy) is 1. The van der Waals surface area contributed by atoms with Crippen molar-refractivity contribution in [3.8, 4) is 0 Å². The average Bonchev–Trinajstić information content (AvgIpc) is 3.41. The quantitative estimate of drug-likeness (QED) is 0.149. The molecule has 4 N–H and O–H groups in total. The fraction of sp³-hybridized carbons (Fsp3) is 0.535. The summed E-state index contributed by atoms with van der Waals surface area (Å²) >= 11 is 0. The second-order valence-corrected chi connectivity index (χ2v) is 17.3. The van der Waals surface area contributed by atoms with Crippen LogP contribution < -0.4 is 21.3 Å². The van der Waals surface area contributed by atoms with Crippen LogP contribution in [-0.4, -0.2) is 83.3 Å². The molecule has 0 spiro atoms. The highest BCUT2D eigenvalue weighted by Crippen LogP contribution is 2.65. The van der Waals surface area contributed by atoms with E-state index in [-0.39, 0.29) is 36.8 Å². The molecule has 6 unspecified atom stereocenters.